The molecule has 5 unspecified atom stereocenters. The number of hydrogen-bond donors (Lipinski definition) is 5. The third-order valence-electron chi connectivity index (χ3n) is 4.87. The molecule has 9 heteroatoms. The molecular formula is C21H40N4O5. The van der Waals surface area contributed by atoms with Crippen LogP contribution in [0.2, 0.25) is 0 Å². The van der Waals surface area contributed by atoms with Crippen molar-refractivity contribution < 1.29 is 24.3 Å². The molecule has 0 heterocycles. The molecule has 0 saturated carbocycles. The summed E-state index contributed by atoms with van der Waals surface area (Å²) in [6, 6.07) is -3.56. The highest BCUT2D eigenvalue weighted by molar-refractivity contribution is 5.94. The topological polar surface area (TPSA) is 151 Å². The van der Waals surface area contributed by atoms with Crippen molar-refractivity contribution in [3.05, 3.63) is 0 Å². The molecule has 5 atom stereocenters. The number of nitrogens with two attached hydrogens (primary N) is 1. The molecule has 30 heavy (non-hydrogen) atoms. The zero-order valence-corrected chi connectivity index (χ0v) is 19.3. The largest absolute Gasteiger partial charge is 0.480 e. The van der Waals surface area contributed by atoms with Gasteiger partial charge in [0.15, 0.2) is 0 Å². The Bertz CT molecular complexity index is 592. The molecule has 0 aliphatic heterocycles. The lowest BCUT2D eigenvalue weighted by molar-refractivity contribution is -0.144. The predicted molar refractivity (Wildman–Crippen MR) is 115 cm³/mol. The molecule has 0 bridgehead atoms. The Hall–Kier alpha value is -2.16. The Morgan fingerprint density at radius 1 is 0.767 bits per heavy atom. The number of amides is 3. The summed E-state index contributed by atoms with van der Waals surface area (Å²) in [7, 11) is 0. The highest BCUT2D eigenvalue weighted by Gasteiger charge is 2.32. The van der Waals surface area contributed by atoms with E-state index >= 15 is 0 Å². The van der Waals surface area contributed by atoms with Gasteiger partial charge in [-0.2, -0.15) is 0 Å². The van der Waals surface area contributed by atoms with Gasteiger partial charge in [-0.3, -0.25) is 14.4 Å². The molecule has 0 spiro atoms. The highest BCUT2D eigenvalue weighted by atomic mass is 16.4. The first kappa shape index (κ1) is 27.8. The van der Waals surface area contributed by atoms with Gasteiger partial charge in [-0.05, 0) is 37.5 Å². The second-order valence-electron chi connectivity index (χ2n) is 8.88. The normalized spacial score (nSPS) is 16.3. The molecule has 0 radical (unpaired) electrons. The highest BCUT2D eigenvalue weighted by Crippen LogP contribution is 2.12. The Labute approximate surface area is 179 Å². The van der Waals surface area contributed by atoms with Crippen LogP contribution < -0.4 is 21.7 Å². The van der Waals surface area contributed by atoms with Crippen molar-refractivity contribution in [3.63, 3.8) is 0 Å². The van der Waals surface area contributed by atoms with E-state index in [1.807, 2.05) is 34.6 Å². The lowest BCUT2D eigenvalue weighted by Gasteiger charge is -2.27. The first-order valence-corrected chi connectivity index (χ1v) is 10.7. The van der Waals surface area contributed by atoms with Gasteiger partial charge in [0.2, 0.25) is 17.7 Å². The second kappa shape index (κ2) is 13.2. The maximum absolute atomic E-state index is 12.9. The lowest BCUT2D eigenvalue weighted by atomic mass is 9.97. The zero-order valence-electron chi connectivity index (χ0n) is 19.3. The molecule has 0 aromatic heterocycles. The summed E-state index contributed by atoms with van der Waals surface area (Å²) in [6.07, 6.45) is 1.29. The van der Waals surface area contributed by atoms with Crippen LogP contribution in [0.4, 0.5) is 0 Å². The Balaban J connectivity index is 5.48. The van der Waals surface area contributed by atoms with Gasteiger partial charge >= 0.3 is 5.97 Å². The molecule has 6 N–H and O–H groups in total. The number of aliphatic carboxylic acids is 1. The van der Waals surface area contributed by atoms with Gasteiger partial charge in [0.05, 0.1) is 6.04 Å². The van der Waals surface area contributed by atoms with Crippen LogP contribution in [0.3, 0.4) is 0 Å². The van der Waals surface area contributed by atoms with Crippen LogP contribution in [0.5, 0.6) is 0 Å². The number of carboxylic acids is 1. The fourth-order valence-electron chi connectivity index (χ4n) is 2.92. The third kappa shape index (κ3) is 10.0. The fraction of sp³-hybridized carbons (Fsp3) is 0.810. The predicted octanol–water partition coefficient (Wildman–Crippen LogP) is 1.01. The van der Waals surface area contributed by atoms with Crippen molar-refractivity contribution in [2.24, 2.45) is 23.5 Å². The Morgan fingerprint density at radius 2 is 1.17 bits per heavy atom. The van der Waals surface area contributed by atoms with Gasteiger partial charge in [0.1, 0.15) is 18.1 Å². The number of nitrogens with one attached hydrogen (secondary N) is 3. The van der Waals surface area contributed by atoms with Crippen LogP contribution in [-0.2, 0) is 19.2 Å². The molecule has 0 aromatic rings. The fourth-order valence-corrected chi connectivity index (χ4v) is 2.92. The lowest BCUT2D eigenvalue weighted by Crippen LogP contribution is -2.58. The number of hydrogen-bond acceptors (Lipinski definition) is 5. The first-order valence-electron chi connectivity index (χ1n) is 10.7. The van der Waals surface area contributed by atoms with Crippen molar-refractivity contribution in [1.82, 2.24) is 16.0 Å². The SMILES string of the molecule is CCC(C)C(NC(=O)C(CC(C)C)NC(=O)C(CC(C)C)NC(=O)C(C)N)C(=O)O. The molecule has 0 aliphatic carbocycles. The van der Waals surface area contributed by atoms with Gasteiger partial charge < -0.3 is 26.8 Å². The van der Waals surface area contributed by atoms with Crippen molar-refractivity contribution in [1.29, 1.82) is 0 Å². The molecule has 0 aliphatic rings. The van der Waals surface area contributed by atoms with Crippen LogP contribution in [0, 0.1) is 17.8 Å². The summed E-state index contributed by atoms with van der Waals surface area (Å²) >= 11 is 0. The van der Waals surface area contributed by atoms with Gasteiger partial charge in [0.25, 0.3) is 0 Å². The van der Waals surface area contributed by atoms with Crippen LogP contribution >= 0.6 is 0 Å². The van der Waals surface area contributed by atoms with E-state index in [1.54, 1.807) is 6.92 Å². The number of carboxylic acid groups (broad SMARTS) is 1. The minimum absolute atomic E-state index is 0.0788. The minimum Gasteiger partial charge on any atom is -0.480 e. The zero-order chi connectivity index (χ0) is 23.6. The smallest absolute Gasteiger partial charge is 0.326 e. The van der Waals surface area contributed by atoms with Crippen molar-refractivity contribution in [2.75, 3.05) is 0 Å². The number of carbonyl (C=O) groups excluding carboxylic acids is 3. The summed E-state index contributed by atoms with van der Waals surface area (Å²) in [4.78, 5) is 49.3. The van der Waals surface area contributed by atoms with E-state index in [0.29, 0.717) is 19.3 Å². The first-order chi connectivity index (χ1) is 13.8. The van der Waals surface area contributed by atoms with Gasteiger partial charge in [-0.15, -0.1) is 0 Å². The average Bonchev–Trinajstić information content (AvgIpc) is 2.62. The van der Waals surface area contributed by atoms with E-state index in [9.17, 15) is 24.3 Å². The third-order valence-corrected chi connectivity index (χ3v) is 4.87. The van der Waals surface area contributed by atoms with Crippen molar-refractivity contribution in [3.8, 4) is 0 Å². The Morgan fingerprint density at radius 3 is 1.50 bits per heavy atom. The van der Waals surface area contributed by atoms with Crippen molar-refractivity contribution in [2.45, 2.75) is 91.9 Å². The van der Waals surface area contributed by atoms with Gasteiger partial charge in [-0.25, -0.2) is 4.79 Å². The second-order valence-corrected chi connectivity index (χ2v) is 8.88. The average molecular weight is 429 g/mol. The van der Waals surface area contributed by atoms with Crippen LogP contribution in [0.15, 0.2) is 0 Å². The summed E-state index contributed by atoms with van der Waals surface area (Å²) in [5.74, 6) is -2.68. The molecule has 9 nitrogen and oxygen atoms in total. The van der Waals surface area contributed by atoms with E-state index in [4.69, 9.17) is 5.73 Å². The monoisotopic (exact) mass is 428 g/mol. The molecule has 174 valence electrons. The van der Waals surface area contributed by atoms with Gasteiger partial charge in [0, 0.05) is 0 Å². The quantitative estimate of drug-likeness (QED) is 0.295. The Kier molecular flexibility index (Phi) is 12.3. The molecule has 3 amide bonds. The minimum atomic E-state index is -1.12. The maximum atomic E-state index is 12.9. The number of rotatable bonds is 13. The van der Waals surface area contributed by atoms with E-state index in [2.05, 4.69) is 16.0 Å². The van der Waals surface area contributed by atoms with E-state index < -0.39 is 47.9 Å². The molecule has 0 fully saturated rings. The van der Waals surface area contributed by atoms with E-state index in [1.165, 1.54) is 6.92 Å². The van der Waals surface area contributed by atoms with Gasteiger partial charge in [-0.1, -0.05) is 48.0 Å². The van der Waals surface area contributed by atoms with Crippen LogP contribution in [0.25, 0.3) is 0 Å². The van der Waals surface area contributed by atoms with E-state index in [-0.39, 0.29) is 17.8 Å². The molecule has 0 aromatic carbocycles. The summed E-state index contributed by atoms with van der Waals surface area (Å²) in [5.41, 5.74) is 5.59. The van der Waals surface area contributed by atoms with E-state index in [0.717, 1.165) is 0 Å². The summed E-state index contributed by atoms with van der Waals surface area (Å²) < 4.78 is 0. The van der Waals surface area contributed by atoms with Crippen LogP contribution in [0.1, 0.15) is 67.7 Å². The standard InChI is InChI=1S/C21H40N4O5/c1-8-13(6)17(21(29)30)25-20(28)16(10-12(4)5)24-19(27)15(9-11(2)3)23-18(26)14(7)22/h11-17H,8-10,22H2,1-7H3,(H,23,26)(H,24,27)(H,25,28)(H,29,30). The van der Waals surface area contributed by atoms with Crippen LogP contribution in [-0.4, -0.2) is 53.0 Å². The molecule has 0 rings (SSSR count). The number of carbonyl (C=O) groups is 4. The molecular weight excluding hydrogens is 388 g/mol. The van der Waals surface area contributed by atoms with Crippen molar-refractivity contribution >= 4 is 23.7 Å². The summed E-state index contributed by atoms with van der Waals surface area (Å²) in [6.45, 7) is 12.8. The maximum Gasteiger partial charge on any atom is 0.326 e. The molecule has 0 saturated heterocycles. The summed E-state index contributed by atoms with van der Waals surface area (Å²) in [5, 5.41) is 17.3.